The number of aryl methyl sites for hydroxylation is 1. The van der Waals surface area contributed by atoms with E-state index in [9.17, 15) is 4.79 Å². The fourth-order valence-corrected chi connectivity index (χ4v) is 3.14. The fourth-order valence-electron chi connectivity index (χ4n) is 2.79. The summed E-state index contributed by atoms with van der Waals surface area (Å²) in [6.07, 6.45) is 1.89. The molecule has 0 saturated carbocycles. The topological polar surface area (TPSA) is 46.1 Å². The molecule has 1 heterocycles. The van der Waals surface area contributed by atoms with E-state index in [2.05, 4.69) is 22.7 Å². The Kier molecular flexibility index (Phi) is 4.62. The lowest BCUT2D eigenvalue weighted by atomic mass is 9.98. The SMILES string of the molecule is C=CSNc1ccc(NC)c(-c2cn(C)c(=O)c3ccccc23)c1. The highest BCUT2D eigenvalue weighted by atomic mass is 32.2. The van der Waals surface area contributed by atoms with Crippen LogP contribution in [0.2, 0.25) is 0 Å². The summed E-state index contributed by atoms with van der Waals surface area (Å²) >= 11 is 1.43. The van der Waals surface area contributed by atoms with Gasteiger partial charge in [-0.15, -0.1) is 0 Å². The van der Waals surface area contributed by atoms with Crippen LogP contribution in [0.3, 0.4) is 0 Å². The van der Waals surface area contributed by atoms with E-state index in [1.165, 1.54) is 11.9 Å². The predicted octanol–water partition coefficient (Wildman–Crippen LogP) is 4.45. The molecule has 0 bridgehead atoms. The lowest BCUT2D eigenvalue weighted by Gasteiger charge is -2.15. The van der Waals surface area contributed by atoms with E-state index in [1.807, 2.05) is 49.6 Å². The van der Waals surface area contributed by atoms with E-state index < -0.39 is 0 Å². The predicted molar refractivity (Wildman–Crippen MR) is 106 cm³/mol. The summed E-state index contributed by atoms with van der Waals surface area (Å²) in [5.74, 6) is 0. The summed E-state index contributed by atoms with van der Waals surface area (Å²) in [4.78, 5) is 12.4. The Morgan fingerprint density at radius 2 is 1.88 bits per heavy atom. The Labute approximate surface area is 145 Å². The summed E-state index contributed by atoms with van der Waals surface area (Å²) in [5.41, 5.74) is 4.06. The molecule has 0 unspecified atom stereocenters. The molecular formula is C19H19N3OS. The average Bonchev–Trinajstić information content (AvgIpc) is 2.63. The van der Waals surface area contributed by atoms with Gasteiger partial charge in [-0.3, -0.25) is 4.79 Å². The summed E-state index contributed by atoms with van der Waals surface area (Å²) in [6.45, 7) is 3.70. The van der Waals surface area contributed by atoms with Crippen LogP contribution >= 0.6 is 11.9 Å². The van der Waals surface area contributed by atoms with Crippen molar-refractivity contribution in [1.29, 1.82) is 0 Å². The third kappa shape index (κ3) is 2.90. The van der Waals surface area contributed by atoms with Gasteiger partial charge >= 0.3 is 0 Å². The van der Waals surface area contributed by atoms with Gasteiger partial charge in [0.05, 0.1) is 0 Å². The van der Waals surface area contributed by atoms with E-state index >= 15 is 0 Å². The van der Waals surface area contributed by atoms with Crippen molar-refractivity contribution in [2.45, 2.75) is 0 Å². The van der Waals surface area contributed by atoms with E-state index in [0.717, 1.165) is 33.3 Å². The van der Waals surface area contributed by atoms with Gasteiger partial charge in [0.1, 0.15) is 0 Å². The Balaban J connectivity index is 2.28. The van der Waals surface area contributed by atoms with Gasteiger partial charge in [-0.25, -0.2) is 0 Å². The lowest BCUT2D eigenvalue weighted by molar-refractivity contribution is 0.875. The maximum absolute atomic E-state index is 12.4. The highest BCUT2D eigenvalue weighted by Gasteiger charge is 2.12. The van der Waals surface area contributed by atoms with Crippen molar-refractivity contribution in [3.05, 3.63) is 71.0 Å². The number of anilines is 2. The molecule has 3 rings (SSSR count). The van der Waals surface area contributed by atoms with Crippen molar-refractivity contribution in [2.24, 2.45) is 7.05 Å². The number of aromatic nitrogens is 1. The Bertz CT molecular complexity index is 962. The second-order valence-electron chi connectivity index (χ2n) is 5.40. The number of rotatable bonds is 5. The second kappa shape index (κ2) is 6.84. The second-order valence-corrected chi connectivity index (χ2v) is 6.17. The Hall–Kier alpha value is -2.66. The minimum Gasteiger partial charge on any atom is -0.388 e. The molecule has 1 aromatic heterocycles. The first kappa shape index (κ1) is 16.2. The number of benzene rings is 2. The van der Waals surface area contributed by atoms with E-state index in [-0.39, 0.29) is 5.56 Å². The van der Waals surface area contributed by atoms with Crippen molar-refractivity contribution in [3.8, 4) is 11.1 Å². The van der Waals surface area contributed by atoms with Gasteiger partial charge in [0, 0.05) is 48.2 Å². The highest BCUT2D eigenvalue weighted by molar-refractivity contribution is 8.03. The maximum Gasteiger partial charge on any atom is 0.258 e. The Morgan fingerprint density at radius 1 is 1.12 bits per heavy atom. The van der Waals surface area contributed by atoms with Gasteiger partial charge in [-0.05, 0) is 47.0 Å². The smallest absolute Gasteiger partial charge is 0.258 e. The standard InChI is InChI=1S/C19H19N3OS/c1-4-24-21-13-9-10-18(20-2)16(11-13)17-12-22(3)19(23)15-8-6-5-7-14(15)17/h4-12,20-21H,1H2,2-3H3. The normalized spacial score (nSPS) is 10.6. The van der Waals surface area contributed by atoms with Crippen LogP contribution < -0.4 is 15.6 Å². The molecule has 0 aliphatic rings. The molecule has 0 aliphatic carbocycles. The molecule has 2 aromatic carbocycles. The van der Waals surface area contributed by atoms with Crippen LogP contribution in [0.25, 0.3) is 21.9 Å². The van der Waals surface area contributed by atoms with Gasteiger partial charge in [-0.2, -0.15) is 0 Å². The van der Waals surface area contributed by atoms with Crippen LogP contribution in [0.15, 0.2) is 65.4 Å². The molecule has 0 fully saturated rings. The largest absolute Gasteiger partial charge is 0.388 e. The van der Waals surface area contributed by atoms with Gasteiger partial charge in [-0.1, -0.05) is 24.8 Å². The minimum absolute atomic E-state index is 0.0110. The van der Waals surface area contributed by atoms with Crippen molar-refractivity contribution >= 4 is 34.1 Å². The number of pyridine rings is 1. The average molecular weight is 337 g/mol. The summed E-state index contributed by atoms with van der Waals surface area (Å²) < 4.78 is 4.87. The van der Waals surface area contributed by atoms with Crippen LogP contribution in [0.5, 0.6) is 0 Å². The van der Waals surface area contributed by atoms with Crippen molar-refractivity contribution in [3.63, 3.8) is 0 Å². The number of hydrogen-bond acceptors (Lipinski definition) is 4. The molecule has 3 aromatic rings. The van der Waals surface area contributed by atoms with Gasteiger partial charge in [0.15, 0.2) is 0 Å². The molecular weight excluding hydrogens is 318 g/mol. The maximum atomic E-state index is 12.4. The summed E-state index contributed by atoms with van der Waals surface area (Å²) in [5, 5.41) is 6.65. The van der Waals surface area contributed by atoms with Crippen LogP contribution in [0.1, 0.15) is 0 Å². The highest BCUT2D eigenvalue weighted by Crippen LogP contribution is 2.35. The molecule has 0 amide bonds. The number of nitrogens with one attached hydrogen (secondary N) is 2. The minimum atomic E-state index is 0.0110. The molecule has 122 valence electrons. The third-order valence-corrected chi connectivity index (χ3v) is 4.45. The first-order valence-electron chi connectivity index (χ1n) is 7.59. The first-order valence-corrected chi connectivity index (χ1v) is 8.46. The molecule has 0 spiro atoms. The van der Waals surface area contributed by atoms with Crippen LogP contribution in [-0.2, 0) is 7.05 Å². The van der Waals surface area contributed by atoms with E-state index in [0.29, 0.717) is 0 Å². The van der Waals surface area contributed by atoms with Crippen molar-refractivity contribution < 1.29 is 0 Å². The van der Waals surface area contributed by atoms with Crippen LogP contribution in [0.4, 0.5) is 11.4 Å². The quantitative estimate of drug-likeness (QED) is 0.675. The van der Waals surface area contributed by atoms with Crippen molar-refractivity contribution in [1.82, 2.24) is 4.57 Å². The molecule has 0 atom stereocenters. The molecule has 0 aliphatic heterocycles. The molecule has 2 N–H and O–H groups in total. The molecule has 4 nitrogen and oxygen atoms in total. The zero-order chi connectivity index (χ0) is 17.1. The summed E-state index contributed by atoms with van der Waals surface area (Å²) in [6, 6.07) is 13.8. The molecule has 24 heavy (non-hydrogen) atoms. The first-order chi connectivity index (χ1) is 11.7. The monoisotopic (exact) mass is 337 g/mol. The number of hydrogen-bond donors (Lipinski definition) is 2. The number of nitrogens with zero attached hydrogens (tertiary/aromatic N) is 1. The van der Waals surface area contributed by atoms with E-state index in [4.69, 9.17) is 0 Å². The molecule has 0 radical (unpaired) electrons. The van der Waals surface area contributed by atoms with Crippen molar-refractivity contribution in [2.75, 3.05) is 17.1 Å². The van der Waals surface area contributed by atoms with Crippen LogP contribution in [-0.4, -0.2) is 11.6 Å². The zero-order valence-electron chi connectivity index (χ0n) is 13.7. The molecule has 0 saturated heterocycles. The summed E-state index contributed by atoms with van der Waals surface area (Å²) in [7, 11) is 3.68. The van der Waals surface area contributed by atoms with E-state index in [1.54, 1.807) is 17.0 Å². The number of fused-ring (bicyclic) bond motifs is 1. The lowest BCUT2D eigenvalue weighted by Crippen LogP contribution is -2.16. The molecule has 5 heteroatoms. The third-order valence-electron chi connectivity index (χ3n) is 3.93. The zero-order valence-corrected chi connectivity index (χ0v) is 14.5. The fraction of sp³-hybridized carbons (Fsp3) is 0.105. The Morgan fingerprint density at radius 3 is 2.58 bits per heavy atom. The van der Waals surface area contributed by atoms with Gasteiger partial charge < -0.3 is 14.6 Å². The van der Waals surface area contributed by atoms with Gasteiger partial charge in [0.2, 0.25) is 0 Å². The van der Waals surface area contributed by atoms with Gasteiger partial charge in [0.25, 0.3) is 5.56 Å². The van der Waals surface area contributed by atoms with Crippen LogP contribution in [0, 0.1) is 0 Å².